The van der Waals surface area contributed by atoms with E-state index in [1.54, 1.807) is 11.1 Å². The molecule has 0 aliphatic heterocycles. The lowest BCUT2D eigenvalue weighted by molar-refractivity contribution is 0.683. The largest absolute Gasteiger partial charge is 0.308 e. The maximum absolute atomic E-state index is 4.14. The highest BCUT2D eigenvalue weighted by molar-refractivity contribution is 7.80. The zero-order valence-electron chi connectivity index (χ0n) is 9.13. The second-order valence-corrected chi connectivity index (χ2v) is 4.53. The molecule has 1 aromatic carbocycles. The van der Waals surface area contributed by atoms with E-state index in [1.165, 1.54) is 31.2 Å². The number of thiol groups is 1. The molecule has 1 aromatic rings. The fourth-order valence-corrected chi connectivity index (χ4v) is 2.41. The minimum Gasteiger partial charge on any atom is -0.308 e. The van der Waals surface area contributed by atoms with Gasteiger partial charge < -0.3 is 5.32 Å². The number of benzene rings is 1. The number of fused-ring (bicyclic) bond motifs is 1. The minimum atomic E-state index is 0.769. The van der Waals surface area contributed by atoms with Crippen LogP contribution in [0.25, 0.3) is 0 Å². The fourth-order valence-electron chi connectivity index (χ4n) is 2.25. The number of nitrogens with one attached hydrogen (secondary N) is 1. The van der Waals surface area contributed by atoms with Crippen molar-refractivity contribution in [3.8, 4) is 0 Å². The molecule has 0 radical (unpaired) electrons. The van der Waals surface area contributed by atoms with Gasteiger partial charge in [-0.2, -0.15) is 12.6 Å². The molecule has 2 heteroatoms. The smallest absolute Gasteiger partial charge is 0.0387 e. The molecule has 1 N–H and O–H groups in total. The van der Waals surface area contributed by atoms with Gasteiger partial charge >= 0.3 is 0 Å². The fraction of sp³-hybridized carbons (Fsp3) is 0.538. The molecular weight excluding hydrogens is 202 g/mol. The quantitative estimate of drug-likeness (QED) is 0.452. The van der Waals surface area contributed by atoms with Crippen LogP contribution in [0.5, 0.6) is 0 Å². The molecule has 0 atom stereocenters. The van der Waals surface area contributed by atoms with E-state index in [0.29, 0.717) is 0 Å². The lowest BCUT2D eigenvalue weighted by Gasteiger charge is -2.16. The molecule has 0 saturated heterocycles. The molecule has 1 aliphatic carbocycles. The van der Waals surface area contributed by atoms with Crippen LogP contribution in [-0.2, 0) is 19.3 Å². The van der Waals surface area contributed by atoms with Crippen molar-refractivity contribution >= 4 is 12.6 Å². The first-order valence-corrected chi connectivity index (χ1v) is 6.45. The van der Waals surface area contributed by atoms with E-state index in [9.17, 15) is 0 Å². The summed E-state index contributed by atoms with van der Waals surface area (Å²) in [5.41, 5.74) is 4.63. The van der Waals surface area contributed by atoms with Gasteiger partial charge in [-0.05, 0) is 55.3 Å². The molecule has 0 bridgehead atoms. The van der Waals surface area contributed by atoms with Gasteiger partial charge in [0.15, 0.2) is 0 Å². The van der Waals surface area contributed by atoms with Crippen LogP contribution in [0.15, 0.2) is 18.2 Å². The Bertz CT molecular complexity index is 322. The molecular formula is C13H19NS. The highest BCUT2D eigenvalue weighted by atomic mass is 32.1. The SMILES string of the molecule is SCNCCc1ccc2c(c1)CCCC2. The van der Waals surface area contributed by atoms with Crippen molar-refractivity contribution in [2.24, 2.45) is 0 Å². The maximum Gasteiger partial charge on any atom is 0.0387 e. The van der Waals surface area contributed by atoms with Gasteiger partial charge in [0.25, 0.3) is 0 Å². The lowest BCUT2D eigenvalue weighted by Crippen LogP contribution is -2.15. The van der Waals surface area contributed by atoms with Crippen LogP contribution in [0.2, 0.25) is 0 Å². The molecule has 0 fully saturated rings. The van der Waals surface area contributed by atoms with Crippen LogP contribution in [0.3, 0.4) is 0 Å². The predicted molar refractivity (Wildman–Crippen MR) is 68.6 cm³/mol. The summed E-state index contributed by atoms with van der Waals surface area (Å²) in [5, 5.41) is 3.24. The summed E-state index contributed by atoms with van der Waals surface area (Å²) < 4.78 is 0. The van der Waals surface area contributed by atoms with E-state index in [2.05, 4.69) is 36.1 Å². The Labute approximate surface area is 97.7 Å². The van der Waals surface area contributed by atoms with Crippen LogP contribution in [0.1, 0.15) is 29.5 Å². The van der Waals surface area contributed by atoms with Crippen molar-refractivity contribution in [1.29, 1.82) is 0 Å². The number of rotatable bonds is 4. The van der Waals surface area contributed by atoms with Gasteiger partial charge in [-0.1, -0.05) is 18.2 Å². The standard InChI is InChI=1S/C13H19NS/c15-10-14-8-7-11-5-6-12-3-1-2-4-13(12)9-11/h5-6,9,14-15H,1-4,7-8,10H2. The summed E-state index contributed by atoms with van der Waals surface area (Å²) in [4.78, 5) is 0. The monoisotopic (exact) mass is 221 g/mol. The molecule has 82 valence electrons. The normalized spacial score (nSPS) is 15.0. The zero-order valence-corrected chi connectivity index (χ0v) is 10.0. The molecule has 0 heterocycles. The van der Waals surface area contributed by atoms with Crippen LogP contribution in [0.4, 0.5) is 0 Å². The number of hydrogen-bond donors (Lipinski definition) is 2. The third kappa shape index (κ3) is 2.99. The van der Waals surface area contributed by atoms with Gasteiger partial charge in [0.05, 0.1) is 0 Å². The van der Waals surface area contributed by atoms with E-state index >= 15 is 0 Å². The van der Waals surface area contributed by atoms with E-state index < -0.39 is 0 Å². The first-order chi connectivity index (χ1) is 7.40. The van der Waals surface area contributed by atoms with Crippen LogP contribution >= 0.6 is 12.6 Å². The summed E-state index contributed by atoms with van der Waals surface area (Å²) in [6.07, 6.45) is 6.42. The van der Waals surface area contributed by atoms with Gasteiger partial charge in [0, 0.05) is 5.88 Å². The summed E-state index contributed by atoms with van der Waals surface area (Å²) in [5.74, 6) is 0.769. The Morgan fingerprint density at radius 1 is 1.13 bits per heavy atom. The zero-order chi connectivity index (χ0) is 10.5. The van der Waals surface area contributed by atoms with Crippen molar-refractivity contribution < 1.29 is 0 Å². The predicted octanol–water partition coefficient (Wildman–Crippen LogP) is 2.58. The molecule has 0 saturated carbocycles. The molecule has 1 aliphatic rings. The second-order valence-electron chi connectivity index (χ2n) is 4.22. The summed E-state index contributed by atoms with van der Waals surface area (Å²) in [6.45, 7) is 1.03. The van der Waals surface area contributed by atoms with Crippen molar-refractivity contribution in [3.63, 3.8) is 0 Å². The van der Waals surface area contributed by atoms with Crippen molar-refractivity contribution in [2.45, 2.75) is 32.1 Å². The van der Waals surface area contributed by atoms with Crippen LogP contribution in [0, 0.1) is 0 Å². The molecule has 15 heavy (non-hydrogen) atoms. The summed E-state index contributed by atoms with van der Waals surface area (Å²) >= 11 is 4.14. The average molecular weight is 221 g/mol. The van der Waals surface area contributed by atoms with Crippen LogP contribution < -0.4 is 5.32 Å². The Balaban J connectivity index is 2.00. The number of hydrogen-bond acceptors (Lipinski definition) is 2. The Kier molecular flexibility index (Phi) is 4.09. The van der Waals surface area contributed by atoms with Gasteiger partial charge in [-0.25, -0.2) is 0 Å². The summed E-state index contributed by atoms with van der Waals surface area (Å²) in [7, 11) is 0. The van der Waals surface area contributed by atoms with Gasteiger partial charge in [-0.3, -0.25) is 0 Å². The Morgan fingerprint density at radius 3 is 2.73 bits per heavy atom. The van der Waals surface area contributed by atoms with Gasteiger partial charge in [0.2, 0.25) is 0 Å². The Hall–Kier alpha value is -0.470. The lowest BCUT2D eigenvalue weighted by atomic mass is 9.90. The number of aryl methyl sites for hydroxylation is 2. The topological polar surface area (TPSA) is 12.0 Å². The van der Waals surface area contributed by atoms with E-state index in [1.807, 2.05) is 0 Å². The highest BCUT2D eigenvalue weighted by Crippen LogP contribution is 2.22. The summed E-state index contributed by atoms with van der Waals surface area (Å²) in [6, 6.07) is 7.00. The van der Waals surface area contributed by atoms with Crippen molar-refractivity contribution in [3.05, 3.63) is 34.9 Å². The average Bonchev–Trinajstić information content (AvgIpc) is 2.29. The highest BCUT2D eigenvalue weighted by Gasteiger charge is 2.08. The third-order valence-electron chi connectivity index (χ3n) is 3.12. The first kappa shape index (κ1) is 11.0. The molecule has 2 rings (SSSR count). The van der Waals surface area contributed by atoms with E-state index in [0.717, 1.165) is 18.8 Å². The van der Waals surface area contributed by atoms with Crippen molar-refractivity contribution in [2.75, 3.05) is 12.4 Å². The Morgan fingerprint density at radius 2 is 1.93 bits per heavy atom. The third-order valence-corrected chi connectivity index (χ3v) is 3.34. The molecule has 0 aromatic heterocycles. The van der Waals surface area contributed by atoms with Gasteiger partial charge in [-0.15, -0.1) is 0 Å². The van der Waals surface area contributed by atoms with E-state index in [4.69, 9.17) is 0 Å². The second kappa shape index (κ2) is 5.57. The molecule has 0 spiro atoms. The maximum atomic E-state index is 4.14. The van der Waals surface area contributed by atoms with Crippen molar-refractivity contribution in [1.82, 2.24) is 5.32 Å². The van der Waals surface area contributed by atoms with E-state index in [-0.39, 0.29) is 0 Å². The van der Waals surface area contributed by atoms with Gasteiger partial charge in [0.1, 0.15) is 0 Å². The molecule has 1 nitrogen and oxygen atoms in total. The molecule has 0 unspecified atom stereocenters. The molecule has 0 amide bonds. The first-order valence-electron chi connectivity index (χ1n) is 5.82. The minimum absolute atomic E-state index is 0.769. The van der Waals surface area contributed by atoms with Crippen LogP contribution in [-0.4, -0.2) is 12.4 Å².